The molecule has 0 radical (unpaired) electrons. The maximum Gasteiger partial charge on any atom is 0.123 e. The SMILES string of the molecule is COc1ccccc1CN[C@@H](C)c1ccncc1. The third-order valence-electron chi connectivity index (χ3n) is 3.00. The van der Waals surface area contributed by atoms with Crippen molar-refractivity contribution < 1.29 is 4.74 Å². The molecule has 1 N–H and O–H groups in total. The molecular weight excluding hydrogens is 224 g/mol. The molecule has 0 aliphatic carbocycles. The molecule has 2 rings (SSSR count). The maximum absolute atomic E-state index is 5.33. The van der Waals surface area contributed by atoms with Crippen molar-refractivity contribution in [3.8, 4) is 5.75 Å². The molecule has 0 aliphatic rings. The molecule has 18 heavy (non-hydrogen) atoms. The molecule has 94 valence electrons. The Hall–Kier alpha value is -1.87. The average Bonchev–Trinajstić information content (AvgIpc) is 2.46. The van der Waals surface area contributed by atoms with Crippen LogP contribution in [0.4, 0.5) is 0 Å². The highest BCUT2D eigenvalue weighted by molar-refractivity contribution is 5.33. The van der Waals surface area contributed by atoms with Gasteiger partial charge in [-0.15, -0.1) is 0 Å². The Morgan fingerprint density at radius 3 is 2.61 bits per heavy atom. The highest BCUT2D eigenvalue weighted by Gasteiger charge is 2.06. The highest BCUT2D eigenvalue weighted by Crippen LogP contribution is 2.18. The molecule has 0 saturated heterocycles. The van der Waals surface area contributed by atoms with E-state index in [2.05, 4.69) is 23.3 Å². The molecule has 0 saturated carbocycles. The van der Waals surface area contributed by atoms with Gasteiger partial charge < -0.3 is 10.1 Å². The number of nitrogens with one attached hydrogen (secondary N) is 1. The first kappa shape index (κ1) is 12.6. The standard InChI is InChI=1S/C15H18N2O/c1-12(13-7-9-16-10-8-13)17-11-14-5-3-4-6-15(14)18-2/h3-10,12,17H,11H2,1-2H3/t12-/m0/s1. The summed E-state index contributed by atoms with van der Waals surface area (Å²) in [5.74, 6) is 0.923. The zero-order valence-corrected chi connectivity index (χ0v) is 10.8. The number of methoxy groups -OCH3 is 1. The lowest BCUT2D eigenvalue weighted by molar-refractivity contribution is 0.406. The fourth-order valence-corrected chi connectivity index (χ4v) is 1.88. The number of para-hydroxylation sites is 1. The minimum absolute atomic E-state index is 0.290. The van der Waals surface area contributed by atoms with E-state index in [4.69, 9.17) is 4.74 Å². The summed E-state index contributed by atoms with van der Waals surface area (Å²) in [4.78, 5) is 4.03. The van der Waals surface area contributed by atoms with Gasteiger partial charge in [-0.3, -0.25) is 4.98 Å². The number of aromatic nitrogens is 1. The van der Waals surface area contributed by atoms with Gasteiger partial charge in [-0.1, -0.05) is 18.2 Å². The van der Waals surface area contributed by atoms with Crippen molar-refractivity contribution in [3.05, 3.63) is 59.9 Å². The van der Waals surface area contributed by atoms with Gasteiger partial charge in [0.25, 0.3) is 0 Å². The van der Waals surface area contributed by atoms with Crippen LogP contribution in [0.1, 0.15) is 24.1 Å². The summed E-state index contributed by atoms with van der Waals surface area (Å²) >= 11 is 0. The van der Waals surface area contributed by atoms with Crippen molar-refractivity contribution in [1.82, 2.24) is 10.3 Å². The molecule has 1 heterocycles. The number of hydrogen-bond acceptors (Lipinski definition) is 3. The summed E-state index contributed by atoms with van der Waals surface area (Å²) in [5.41, 5.74) is 2.40. The number of benzene rings is 1. The van der Waals surface area contributed by atoms with Crippen LogP contribution in [0, 0.1) is 0 Å². The van der Waals surface area contributed by atoms with Gasteiger partial charge in [-0.25, -0.2) is 0 Å². The van der Waals surface area contributed by atoms with Crippen molar-refractivity contribution >= 4 is 0 Å². The van der Waals surface area contributed by atoms with Gasteiger partial charge in [-0.05, 0) is 30.7 Å². The Bertz CT molecular complexity index is 485. The van der Waals surface area contributed by atoms with E-state index >= 15 is 0 Å². The summed E-state index contributed by atoms with van der Waals surface area (Å²) < 4.78 is 5.33. The second-order valence-corrected chi connectivity index (χ2v) is 4.19. The molecule has 0 amide bonds. The fraction of sp³-hybridized carbons (Fsp3) is 0.267. The Kier molecular flexibility index (Phi) is 4.31. The minimum atomic E-state index is 0.290. The third-order valence-corrected chi connectivity index (χ3v) is 3.00. The molecule has 3 nitrogen and oxygen atoms in total. The number of ether oxygens (including phenoxy) is 1. The lowest BCUT2D eigenvalue weighted by Gasteiger charge is -2.15. The highest BCUT2D eigenvalue weighted by atomic mass is 16.5. The molecule has 0 unspecified atom stereocenters. The van der Waals surface area contributed by atoms with E-state index < -0.39 is 0 Å². The van der Waals surface area contributed by atoms with Crippen LogP contribution >= 0.6 is 0 Å². The molecular formula is C15H18N2O. The summed E-state index contributed by atoms with van der Waals surface area (Å²) in [6.07, 6.45) is 3.63. The monoisotopic (exact) mass is 242 g/mol. The average molecular weight is 242 g/mol. The van der Waals surface area contributed by atoms with Gasteiger partial charge >= 0.3 is 0 Å². The lowest BCUT2D eigenvalue weighted by Crippen LogP contribution is -2.18. The quantitative estimate of drug-likeness (QED) is 0.875. The van der Waals surface area contributed by atoms with Crippen molar-refractivity contribution in [1.29, 1.82) is 0 Å². The molecule has 2 aromatic rings. The fourth-order valence-electron chi connectivity index (χ4n) is 1.88. The van der Waals surface area contributed by atoms with Gasteiger partial charge in [0.15, 0.2) is 0 Å². The van der Waals surface area contributed by atoms with E-state index in [0.717, 1.165) is 12.3 Å². The van der Waals surface area contributed by atoms with E-state index in [-0.39, 0.29) is 6.04 Å². The zero-order valence-electron chi connectivity index (χ0n) is 10.8. The lowest BCUT2D eigenvalue weighted by atomic mass is 10.1. The summed E-state index contributed by atoms with van der Waals surface area (Å²) in [7, 11) is 1.70. The molecule has 1 aromatic heterocycles. The Morgan fingerprint density at radius 1 is 1.17 bits per heavy atom. The molecule has 0 aliphatic heterocycles. The van der Waals surface area contributed by atoms with Gasteiger partial charge in [0.1, 0.15) is 5.75 Å². The van der Waals surface area contributed by atoms with Crippen LogP contribution < -0.4 is 10.1 Å². The van der Waals surface area contributed by atoms with E-state index in [1.165, 1.54) is 11.1 Å². The smallest absolute Gasteiger partial charge is 0.123 e. The maximum atomic E-state index is 5.33. The summed E-state index contributed by atoms with van der Waals surface area (Å²) in [6, 6.07) is 12.4. The first-order valence-corrected chi connectivity index (χ1v) is 6.06. The molecule has 1 atom stereocenters. The van der Waals surface area contributed by atoms with E-state index in [1.807, 2.05) is 42.7 Å². The predicted octanol–water partition coefficient (Wildman–Crippen LogP) is 2.94. The summed E-state index contributed by atoms with van der Waals surface area (Å²) in [5, 5.41) is 3.48. The van der Waals surface area contributed by atoms with Crippen molar-refractivity contribution in [2.45, 2.75) is 19.5 Å². The third kappa shape index (κ3) is 3.08. The van der Waals surface area contributed by atoms with E-state index in [9.17, 15) is 0 Å². The second-order valence-electron chi connectivity index (χ2n) is 4.19. The van der Waals surface area contributed by atoms with Crippen LogP contribution in [-0.4, -0.2) is 12.1 Å². The Balaban J connectivity index is 1.99. The number of hydrogen-bond donors (Lipinski definition) is 1. The van der Waals surface area contributed by atoms with Gasteiger partial charge in [0.05, 0.1) is 7.11 Å². The first-order chi connectivity index (χ1) is 8.81. The molecule has 1 aromatic carbocycles. The van der Waals surface area contributed by atoms with Gasteiger partial charge in [0.2, 0.25) is 0 Å². The predicted molar refractivity (Wildman–Crippen MR) is 72.5 cm³/mol. The van der Waals surface area contributed by atoms with Crippen molar-refractivity contribution in [2.75, 3.05) is 7.11 Å². The van der Waals surface area contributed by atoms with Crippen molar-refractivity contribution in [3.63, 3.8) is 0 Å². The Labute approximate surface area is 108 Å². The van der Waals surface area contributed by atoms with E-state index in [0.29, 0.717) is 0 Å². The molecule has 0 bridgehead atoms. The second kappa shape index (κ2) is 6.17. The van der Waals surface area contributed by atoms with Crippen LogP contribution in [0.2, 0.25) is 0 Å². The normalized spacial score (nSPS) is 12.1. The van der Waals surface area contributed by atoms with Crippen LogP contribution in [0.5, 0.6) is 5.75 Å². The van der Waals surface area contributed by atoms with Gasteiger partial charge in [-0.2, -0.15) is 0 Å². The van der Waals surface area contributed by atoms with Crippen LogP contribution in [0.15, 0.2) is 48.8 Å². The summed E-state index contributed by atoms with van der Waals surface area (Å²) in [6.45, 7) is 2.93. The van der Waals surface area contributed by atoms with Gasteiger partial charge in [0, 0.05) is 30.5 Å². The van der Waals surface area contributed by atoms with Crippen LogP contribution in [0.3, 0.4) is 0 Å². The van der Waals surface area contributed by atoms with Crippen molar-refractivity contribution in [2.24, 2.45) is 0 Å². The molecule has 0 fully saturated rings. The molecule has 0 spiro atoms. The number of rotatable bonds is 5. The van der Waals surface area contributed by atoms with Crippen LogP contribution in [0.25, 0.3) is 0 Å². The van der Waals surface area contributed by atoms with E-state index in [1.54, 1.807) is 7.11 Å². The topological polar surface area (TPSA) is 34.1 Å². The minimum Gasteiger partial charge on any atom is -0.496 e. The Morgan fingerprint density at radius 2 is 1.89 bits per heavy atom. The number of pyridine rings is 1. The van der Waals surface area contributed by atoms with Crippen LogP contribution in [-0.2, 0) is 6.54 Å². The molecule has 3 heteroatoms. The largest absolute Gasteiger partial charge is 0.496 e. The first-order valence-electron chi connectivity index (χ1n) is 6.06. The zero-order chi connectivity index (χ0) is 12.8. The number of nitrogens with zero attached hydrogens (tertiary/aromatic N) is 1.